The monoisotopic (exact) mass is 449 g/mol. The predicted octanol–water partition coefficient (Wildman–Crippen LogP) is 2.64. The van der Waals surface area contributed by atoms with Crippen LogP contribution in [0.3, 0.4) is 0 Å². The van der Waals surface area contributed by atoms with Gasteiger partial charge in [0, 0.05) is 43.3 Å². The van der Waals surface area contributed by atoms with Crippen LogP contribution in [0.4, 0.5) is 0 Å². The van der Waals surface area contributed by atoms with E-state index in [1.807, 2.05) is 19.2 Å². The quantitative estimate of drug-likeness (QED) is 0.513. The predicted molar refractivity (Wildman–Crippen MR) is 124 cm³/mol. The first-order valence-corrected chi connectivity index (χ1v) is 10.7. The van der Waals surface area contributed by atoms with Crippen molar-refractivity contribution in [3.8, 4) is 17.2 Å². The molecule has 33 heavy (non-hydrogen) atoms. The molecule has 4 rings (SSSR count). The van der Waals surface area contributed by atoms with Crippen LogP contribution in [0.15, 0.2) is 48.7 Å². The molecular formula is C25H27N3O5. The zero-order valence-electron chi connectivity index (χ0n) is 19.0. The van der Waals surface area contributed by atoms with Gasteiger partial charge in [-0.05, 0) is 42.8 Å². The molecule has 8 nitrogen and oxygen atoms in total. The lowest BCUT2D eigenvalue weighted by molar-refractivity contribution is -0.134. The molecule has 0 radical (unpaired) electrons. The van der Waals surface area contributed by atoms with Gasteiger partial charge in [-0.1, -0.05) is 12.1 Å². The molecule has 0 aliphatic carbocycles. The number of aromatic nitrogens is 1. The molecule has 3 aromatic rings. The number of hydrogen-bond acceptors (Lipinski definition) is 7. The van der Waals surface area contributed by atoms with E-state index >= 15 is 0 Å². The van der Waals surface area contributed by atoms with Gasteiger partial charge in [-0.2, -0.15) is 0 Å². The Kier molecular flexibility index (Phi) is 6.74. The maximum absolute atomic E-state index is 13.3. The second-order valence-electron chi connectivity index (χ2n) is 7.92. The second-order valence-corrected chi connectivity index (χ2v) is 7.92. The van der Waals surface area contributed by atoms with Gasteiger partial charge in [-0.3, -0.25) is 14.6 Å². The summed E-state index contributed by atoms with van der Waals surface area (Å²) in [7, 11) is 5.15. The van der Waals surface area contributed by atoms with Crippen molar-refractivity contribution in [2.45, 2.75) is 0 Å². The van der Waals surface area contributed by atoms with E-state index in [-0.39, 0.29) is 18.3 Å². The average molecular weight is 450 g/mol. The molecule has 2 aromatic carbocycles. The van der Waals surface area contributed by atoms with Crippen LogP contribution in [-0.4, -0.2) is 80.5 Å². The largest absolute Gasteiger partial charge is 0.493 e. The molecule has 1 fully saturated rings. The highest BCUT2D eigenvalue weighted by atomic mass is 16.5. The molecule has 0 N–H and O–H groups in total. The summed E-state index contributed by atoms with van der Waals surface area (Å²) < 4.78 is 16.5. The topological polar surface area (TPSA) is 81.2 Å². The maximum atomic E-state index is 13.3. The number of nitrogens with zero attached hydrogens (tertiary/aromatic N) is 3. The number of carbonyl (C=O) groups is 2. The molecule has 0 unspecified atom stereocenters. The van der Waals surface area contributed by atoms with Crippen molar-refractivity contribution in [1.82, 2.24) is 14.8 Å². The Hall–Kier alpha value is -3.65. The number of rotatable bonds is 7. The van der Waals surface area contributed by atoms with E-state index in [2.05, 4.69) is 9.88 Å². The average Bonchev–Trinajstić information content (AvgIpc) is 2.86. The summed E-state index contributed by atoms with van der Waals surface area (Å²) in [6.07, 6.45) is 1.59. The summed E-state index contributed by atoms with van der Waals surface area (Å²) in [6.45, 7) is 3.02. The van der Waals surface area contributed by atoms with Crippen LogP contribution in [0.2, 0.25) is 0 Å². The molecule has 8 heteroatoms. The molecule has 1 amide bonds. The fourth-order valence-electron chi connectivity index (χ4n) is 3.84. The fraction of sp³-hybridized carbons (Fsp3) is 0.320. The summed E-state index contributed by atoms with van der Waals surface area (Å²) in [5.41, 5.74) is 0.730. The summed E-state index contributed by atoms with van der Waals surface area (Å²) in [6, 6.07) is 12.2. The molecule has 0 atom stereocenters. The highest BCUT2D eigenvalue weighted by Crippen LogP contribution is 2.33. The third-order valence-corrected chi connectivity index (χ3v) is 5.80. The van der Waals surface area contributed by atoms with Crippen molar-refractivity contribution in [3.63, 3.8) is 0 Å². The Balaban J connectivity index is 1.53. The van der Waals surface area contributed by atoms with Gasteiger partial charge in [-0.15, -0.1) is 0 Å². The number of ether oxygens (including phenoxy) is 3. The van der Waals surface area contributed by atoms with Crippen molar-refractivity contribution in [3.05, 3.63) is 59.9 Å². The third-order valence-electron chi connectivity index (χ3n) is 5.80. The van der Waals surface area contributed by atoms with E-state index in [0.29, 0.717) is 47.0 Å². The van der Waals surface area contributed by atoms with E-state index in [9.17, 15) is 9.59 Å². The summed E-state index contributed by atoms with van der Waals surface area (Å²) in [5.74, 6) is 1.25. The fourth-order valence-corrected chi connectivity index (χ4v) is 3.84. The zero-order chi connectivity index (χ0) is 23.4. The lowest BCUT2D eigenvalue weighted by Gasteiger charge is -2.32. The first-order chi connectivity index (χ1) is 16.0. The van der Waals surface area contributed by atoms with E-state index < -0.39 is 0 Å². The first kappa shape index (κ1) is 22.5. The van der Waals surface area contributed by atoms with Crippen molar-refractivity contribution in [2.75, 3.05) is 54.1 Å². The highest BCUT2D eigenvalue weighted by molar-refractivity contribution is 6.15. The Morgan fingerprint density at radius 2 is 1.70 bits per heavy atom. The Morgan fingerprint density at radius 3 is 2.42 bits per heavy atom. The summed E-state index contributed by atoms with van der Waals surface area (Å²) >= 11 is 0. The Bertz CT molecular complexity index is 1170. The van der Waals surface area contributed by atoms with Crippen LogP contribution < -0.4 is 14.2 Å². The maximum Gasteiger partial charge on any atom is 0.260 e. The number of carbonyl (C=O) groups excluding carboxylic acids is 2. The number of pyridine rings is 1. The minimum Gasteiger partial charge on any atom is -0.493 e. The molecule has 1 saturated heterocycles. The number of methoxy groups -OCH3 is 2. The van der Waals surface area contributed by atoms with Crippen LogP contribution in [0.25, 0.3) is 10.8 Å². The lowest BCUT2D eigenvalue weighted by atomic mass is 10.0. The van der Waals surface area contributed by atoms with Gasteiger partial charge >= 0.3 is 0 Å². The number of fused-ring (bicyclic) bond motifs is 1. The number of amides is 1. The standard InChI is InChI=1S/C25H27N3O5/c1-27-9-11-28(12-10-27)23(29)16-33-19-6-4-5-18(13-19)25(30)24-20-15-22(32-3)21(31-2)14-17(20)7-8-26-24/h4-8,13-15H,9-12,16H2,1-3H3. The Labute approximate surface area is 192 Å². The number of piperazine rings is 1. The number of likely N-dealkylation sites (N-methyl/N-ethyl adjacent to an activating group) is 1. The first-order valence-electron chi connectivity index (χ1n) is 10.7. The number of benzene rings is 2. The summed E-state index contributed by atoms with van der Waals surface area (Å²) in [4.78, 5) is 34.1. The van der Waals surface area contributed by atoms with Crippen molar-refractivity contribution in [1.29, 1.82) is 0 Å². The zero-order valence-corrected chi connectivity index (χ0v) is 19.0. The van der Waals surface area contributed by atoms with Gasteiger partial charge < -0.3 is 24.0 Å². The molecule has 1 aromatic heterocycles. The number of ketones is 1. The van der Waals surface area contributed by atoms with E-state index in [4.69, 9.17) is 14.2 Å². The van der Waals surface area contributed by atoms with Gasteiger partial charge in [0.05, 0.1) is 14.2 Å². The van der Waals surface area contributed by atoms with Crippen LogP contribution in [0.1, 0.15) is 16.1 Å². The lowest BCUT2D eigenvalue weighted by Crippen LogP contribution is -2.48. The van der Waals surface area contributed by atoms with Crippen molar-refractivity contribution >= 4 is 22.5 Å². The van der Waals surface area contributed by atoms with Crippen molar-refractivity contribution < 1.29 is 23.8 Å². The SMILES string of the molecule is COc1cc2ccnc(C(=O)c3cccc(OCC(=O)N4CCN(C)CC4)c3)c2cc1OC. The van der Waals surface area contributed by atoms with Gasteiger partial charge in [0.15, 0.2) is 18.1 Å². The van der Waals surface area contributed by atoms with E-state index in [0.717, 1.165) is 18.5 Å². The minimum atomic E-state index is -0.247. The summed E-state index contributed by atoms with van der Waals surface area (Å²) in [5, 5.41) is 1.48. The third kappa shape index (κ3) is 4.90. The van der Waals surface area contributed by atoms with Crippen LogP contribution >= 0.6 is 0 Å². The molecule has 1 aliphatic rings. The van der Waals surface area contributed by atoms with Crippen LogP contribution in [0.5, 0.6) is 17.2 Å². The molecule has 2 heterocycles. The minimum absolute atomic E-state index is 0.0587. The van der Waals surface area contributed by atoms with E-state index in [1.165, 1.54) is 0 Å². The molecule has 0 spiro atoms. The van der Waals surface area contributed by atoms with E-state index in [1.54, 1.807) is 55.6 Å². The van der Waals surface area contributed by atoms with Crippen LogP contribution in [-0.2, 0) is 4.79 Å². The molecule has 172 valence electrons. The molecular weight excluding hydrogens is 422 g/mol. The van der Waals surface area contributed by atoms with Gasteiger partial charge in [0.25, 0.3) is 5.91 Å². The number of hydrogen-bond donors (Lipinski definition) is 0. The molecule has 1 aliphatic heterocycles. The normalized spacial score (nSPS) is 14.2. The van der Waals surface area contributed by atoms with Gasteiger partial charge in [-0.25, -0.2) is 0 Å². The second kappa shape index (κ2) is 9.87. The highest BCUT2D eigenvalue weighted by Gasteiger charge is 2.20. The van der Waals surface area contributed by atoms with Crippen LogP contribution in [0, 0.1) is 0 Å². The van der Waals surface area contributed by atoms with Gasteiger partial charge in [0.1, 0.15) is 11.4 Å². The molecule has 0 bridgehead atoms. The smallest absolute Gasteiger partial charge is 0.260 e. The Morgan fingerprint density at radius 1 is 0.970 bits per heavy atom. The van der Waals surface area contributed by atoms with Gasteiger partial charge in [0.2, 0.25) is 5.78 Å². The molecule has 0 saturated carbocycles. The van der Waals surface area contributed by atoms with Crippen molar-refractivity contribution in [2.24, 2.45) is 0 Å².